The van der Waals surface area contributed by atoms with Gasteiger partial charge < -0.3 is 15.0 Å². The zero-order valence-electron chi connectivity index (χ0n) is 21.7. The van der Waals surface area contributed by atoms with Crippen molar-refractivity contribution in [2.75, 3.05) is 30.6 Å². The Kier molecular flexibility index (Phi) is 7.72. The summed E-state index contributed by atoms with van der Waals surface area (Å²) in [5.74, 6) is 0.751. The van der Waals surface area contributed by atoms with Crippen molar-refractivity contribution >= 4 is 21.6 Å². The van der Waals surface area contributed by atoms with Crippen molar-refractivity contribution in [3.63, 3.8) is 0 Å². The van der Waals surface area contributed by atoms with Crippen LogP contribution in [0.4, 0.5) is 5.69 Å². The van der Waals surface area contributed by atoms with Crippen LogP contribution in [0.3, 0.4) is 0 Å². The van der Waals surface area contributed by atoms with E-state index in [-0.39, 0.29) is 11.9 Å². The Labute approximate surface area is 225 Å². The lowest BCUT2D eigenvalue weighted by atomic mass is 9.93. The Morgan fingerprint density at radius 3 is 2.42 bits per heavy atom. The first-order chi connectivity index (χ1) is 18.3. The number of carbonyl (C=O) groups is 1. The highest BCUT2D eigenvalue weighted by Gasteiger charge is 2.51. The third-order valence-electron chi connectivity index (χ3n) is 7.36. The zero-order chi connectivity index (χ0) is 26.6. The van der Waals surface area contributed by atoms with Crippen molar-refractivity contribution in [3.8, 4) is 5.75 Å². The Bertz CT molecular complexity index is 1370. The van der Waals surface area contributed by atoms with Gasteiger partial charge in [-0.1, -0.05) is 54.6 Å². The third-order valence-corrected chi connectivity index (χ3v) is 7.96. The van der Waals surface area contributed by atoms with E-state index in [0.717, 1.165) is 61.2 Å². The van der Waals surface area contributed by atoms with Crippen molar-refractivity contribution in [3.05, 3.63) is 95.6 Å². The summed E-state index contributed by atoms with van der Waals surface area (Å²) in [5.41, 5.74) is 2.78. The normalized spacial score (nSPS) is 17.5. The molecule has 1 saturated heterocycles. The highest BCUT2D eigenvalue weighted by molar-refractivity contribution is 7.92. The summed E-state index contributed by atoms with van der Waals surface area (Å²) < 4.78 is 32.1. The fourth-order valence-electron chi connectivity index (χ4n) is 5.18. The number of ether oxygens (including phenoxy) is 1. The molecule has 1 amide bonds. The van der Waals surface area contributed by atoms with Gasteiger partial charge >= 0.3 is 0 Å². The first kappa shape index (κ1) is 26.3. The Balaban J connectivity index is 1.34. The number of nitrogens with one attached hydrogen (secondary N) is 2. The first-order valence-electron chi connectivity index (χ1n) is 13.2. The summed E-state index contributed by atoms with van der Waals surface area (Å²) in [4.78, 5) is 16.2. The molecule has 1 heterocycles. The molecule has 1 saturated carbocycles. The van der Waals surface area contributed by atoms with Crippen molar-refractivity contribution in [1.29, 1.82) is 0 Å². The van der Waals surface area contributed by atoms with Crippen molar-refractivity contribution < 1.29 is 17.9 Å². The van der Waals surface area contributed by atoms with Crippen LogP contribution >= 0.6 is 0 Å². The number of anilines is 1. The van der Waals surface area contributed by atoms with Crippen molar-refractivity contribution in [1.82, 2.24) is 10.2 Å². The number of carbonyl (C=O) groups excluding carboxylic acids is 1. The molecule has 7 nitrogen and oxygen atoms in total. The second kappa shape index (κ2) is 11.2. The number of hydrogen-bond donors (Lipinski definition) is 2. The van der Waals surface area contributed by atoms with E-state index < -0.39 is 15.4 Å². The SMILES string of the molecule is CS(=O)(=O)Nc1cccc(C2(C(=O)N[C@@H](CN3CCCC3)c3cccc(OCc4ccccc4)c3)CC2)c1. The molecule has 0 radical (unpaired) electrons. The third kappa shape index (κ3) is 6.55. The van der Waals surface area contributed by atoms with Gasteiger partial charge in [0.15, 0.2) is 0 Å². The van der Waals surface area contributed by atoms with Gasteiger partial charge in [-0.25, -0.2) is 8.42 Å². The number of sulfonamides is 1. The Morgan fingerprint density at radius 1 is 0.974 bits per heavy atom. The molecule has 0 spiro atoms. The smallest absolute Gasteiger partial charge is 0.231 e. The lowest BCUT2D eigenvalue weighted by Crippen LogP contribution is -2.42. The Morgan fingerprint density at radius 2 is 1.71 bits per heavy atom. The average molecular weight is 534 g/mol. The molecule has 0 unspecified atom stereocenters. The van der Waals surface area contributed by atoms with Gasteiger partial charge in [-0.3, -0.25) is 9.52 Å². The molecule has 200 valence electrons. The van der Waals surface area contributed by atoms with Gasteiger partial charge in [0.1, 0.15) is 12.4 Å². The van der Waals surface area contributed by atoms with Crippen LogP contribution in [0, 0.1) is 0 Å². The van der Waals surface area contributed by atoms with Crippen LogP contribution in [0.2, 0.25) is 0 Å². The number of hydrogen-bond acceptors (Lipinski definition) is 5. The molecule has 0 aromatic heterocycles. The molecule has 3 aromatic rings. The second-order valence-corrected chi connectivity index (χ2v) is 12.2. The quantitative estimate of drug-likeness (QED) is 0.376. The largest absolute Gasteiger partial charge is 0.489 e. The van der Waals surface area contributed by atoms with Crippen molar-refractivity contribution in [2.24, 2.45) is 0 Å². The van der Waals surface area contributed by atoms with E-state index in [1.54, 1.807) is 18.2 Å². The van der Waals surface area contributed by atoms with E-state index in [2.05, 4.69) is 14.9 Å². The van der Waals surface area contributed by atoms with Gasteiger partial charge in [0.2, 0.25) is 15.9 Å². The molecule has 8 heteroatoms. The zero-order valence-corrected chi connectivity index (χ0v) is 22.5. The molecule has 5 rings (SSSR count). The summed E-state index contributed by atoms with van der Waals surface area (Å²) in [5, 5.41) is 3.36. The summed E-state index contributed by atoms with van der Waals surface area (Å²) in [7, 11) is -3.40. The summed E-state index contributed by atoms with van der Waals surface area (Å²) >= 11 is 0. The Hall–Kier alpha value is -3.36. The molecule has 2 fully saturated rings. The first-order valence-corrected chi connectivity index (χ1v) is 15.1. The van der Waals surface area contributed by atoms with Gasteiger partial charge in [-0.2, -0.15) is 0 Å². The van der Waals surface area contributed by atoms with Crippen LogP contribution in [-0.4, -0.2) is 45.1 Å². The standard InChI is InChI=1S/C30H35N3O4S/c1-38(35,36)32-26-13-8-12-25(20-26)30(15-16-30)29(34)31-28(21-33-17-5-6-18-33)24-11-7-14-27(19-24)37-22-23-9-3-2-4-10-23/h2-4,7-14,19-20,28,32H,5-6,15-18,21-22H2,1H3,(H,31,34)/t28-/m0/s1. The van der Waals surface area contributed by atoms with E-state index >= 15 is 0 Å². The highest BCUT2D eigenvalue weighted by Crippen LogP contribution is 2.49. The van der Waals surface area contributed by atoms with E-state index in [9.17, 15) is 13.2 Å². The fraction of sp³-hybridized carbons (Fsp3) is 0.367. The molecule has 0 bridgehead atoms. The topological polar surface area (TPSA) is 87.7 Å². The lowest BCUT2D eigenvalue weighted by Gasteiger charge is -2.27. The number of rotatable bonds is 11. The molecule has 38 heavy (non-hydrogen) atoms. The average Bonchev–Trinajstić information content (AvgIpc) is 3.57. The summed E-state index contributed by atoms with van der Waals surface area (Å²) in [6, 6.07) is 25.1. The maximum atomic E-state index is 13.8. The molecule has 2 aliphatic rings. The van der Waals surface area contributed by atoms with Gasteiger partial charge in [0, 0.05) is 12.2 Å². The van der Waals surface area contributed by atoms with Gasteiger partial charge in [0.25, 0.3) is 0 Å². The number of likely N-dealkylation sites (tertiary alicyclic amines) is 1. The maximum Gasteiger partial charge on any atom is 0.231 e. The summed E-state index contributed by atoms with van der Waals surface area (Å²) in [6.45, 7) is 3.27. The van der Waals surface area contributed by atoms with Gasteiger partial charge in [0.05, 0.1) is 17.7 Å². The lowest BCUT2D eigenvalue weighted by molar-refractivity contribution is -0.124. The minimum absolute atomic E-state index is 0.0196. The minimum Gasteiger partial charge on any atom is -0.489 e. The molecule has 1 atom stereocenters. The number of benzene rings is 3. The number of amides is 1. The van der Waals surface area contributed by atoms with Crippen LogP contribution in [0.15, 0.2) is 78.9 Å². The minimum atomic E-state index is -3.40. The monoisotopic (exact) mass is 533 g/mol. The fourth-order valence-corrected chi connectivity index (χ4v) is 5.74. The maximum absolute atomic E-state index is 13.8. The predicted octanol–water partition coefficient (Wildman–Crippen LogP) is 4.62. The van der Waals surface area contributed by atoms with Crippen LogP contribution in [0.25, 0.3) is 0 Å². The second-order valence-electron chi connectivity index (χ2n) is 10.4. The molecule has 1 aliphatic heterocycles. The molecule has 3 aromatic carbocycles. The van der Waals surface area contributed by atoms with E-state index in [4.69, 9.17) is 4.74 Å². The van der Waals surface area contributed by atoms with Crippen LogP contribution in [0.5, 0.6) is 5.75 Å². The van der Waals surface area contributed by atoms with Crippen LogP contribution in [-0.2, 0) is 26.8 Å². The van der Waals surface area contributed by atoms with Gasteiger partial charge in [-0.05, 0) is 79.7 Å². The molecular formula is C30H35N3O4S. The predicted molar refractivity (Wildman–Crippen MR) is 150 cm³/mol. The molecular weight excluding hydrogens is 498 g/mol. The van der Waals surface area contributed by atoms with E-state index in [1.165, 1.54) is 12.8 Å². The van der Waals surface area contributed by atoms with Crippen molar-refractivity contribution in [2.45, 2.75) is 43.7 Å². The number of nitrogens with zero attached hydrogens (tertiary/aromatic N) is 1. The molecule has 2 N–H and O–H groups in total. The van der Waals surface area contributed by atoms with Crippen LogP contribution in [0.1, 0.15) is 48.4 Å². The van der Waals surface area contributed by atoms with Crippen LogP contribution < -0.4 is 14.8 Å². The van der Waals surface area contributed by atoms with E-state index in [0.29, 0.717) is 12.3 Å². The highest BCUT2D eigenvalue weighted by atomic mass is 32.2. The van der Waals surface area contributed by atoms with E-state index in [1.807, 2.05) is 60.7 Å². The molecule has 1 aliphatic carbocycles. The van der Waals surface area contributed by atoms with Gasteiger partial charge in [-0.15, -0.1) is 0 Å². The summed E-state index contributed by atoms with van der Waals surface area (Å²) in [6.07, 6.45) is 4.94.